The van der Waals surface area contributed by atoms with Gasteiger partial charge in [-0.25, -0.2) is 0 Å². The molecule has 1 aromatic carbocycles. The summed E-state index contributed by atoms with van der Waals surface area (Å²) < 4.78 is 5.13. The molecule has 1 fully saturated rings. The summed E-state index contributed by atoms with van der Waals surface area (Å²) in [5.41, 5.74) is -0.254. The number of rotatable bonds is 5. The lowest BCUT2D eigenvalue weighted by Crippen LogP contribution is -2.44. The number of aliphatic hydroxyl groups is 2. The fraction of sp³-hybridized carbons (Fsp3) is 0.647. The normalized spacial score (nSPS) is 21.2. The van der Waals surface area contributed by atoms with E-state index in [2.05, 4.69) is 0 Å². The molecule has 0 heterocycles. The number of hydrogen-bond acceptors (Lipinski definition) is 3. The molecule has 0 amide bonds. The Bertz CT molecular complexity index is 409. The van der Waals surface area contributed by atoms with Gasteiger partial charge in [-0.2, -0.15) is 0 Å². The van der Waals surface area contributed by atoms with E-state index < -0.39 is 11.7 Å². The van der Waals surface area contributed by atoms with E-state index in [9.17, 15) is 10.2 Å². The van der Waals surface area contributed by atoms with Gasteiger partial charge in [-0.1, -0.05) is 38.3 Å². The molecule has 0 aliphatic heterocycles. The minimum Gasteiger partial charge on any atom is -0.497 e. The number of benzene rings is 1. The Morgan fingerprint density at radius 1 is 1.20 bits per heavy atom. The summed E-state index contributed by atoms with van der Waals surface area (Å²) in [6.07, 6.45) is 5.32. The van der Waals surface area contributed by atoms with Crippen LogP contribution in [0.1, 0.15) is 57.1 Å². The Morgan fingerprint density at radius 2 is 1.80 bits per heavy atom. The van der Waals surface area contributed by atoms with E-state index in [-0.39, 0.29) is 5.92 Å². The molecule has 0 radical (unpaired) electrons. The van der Waals surface area contributed by atoms with Gasteiger partial charge in [0.15, 0.2) is 0 Å². The van der Waals surface area contributed by atoms with E-state index >= 15 is 0 Å². The van der Waals surface area contributed by atoms with E-state index in [1.54, 1.807) is 7.11 Å². The average Bonchev–Trinajstić information content (AvgIpc) is 2.54. The Morgan fingerprint density at radius 3 is 2.30 bits per heavy atom. The van der Waals surface area contributed by atoms with Gasteiger partial charge in [0.1, 0.15) is 11.9 Å². The van der Waals surface area contributed by atoms with Crippen molar-refractivity contribution in [2.24, 2.45) is 5.92 Å². The molecule has 1 aliphatic rings. The van der Waals surface area contributed by atoms with Crippen LogP contribution in [0.25, 0.3) is 0 Å². The van der Waals surface area contributed by atoms with Gasteiger partial charge in [0.05, 0.1) is 12.7 Å². The molecule has 2 rings (SSSR count). The first-order chi connectivity index (χ1) is 9.61. The first kappa shape index (κ1) is 15.3. The monoisotopic (exact) mass is 278 g/mol. The van der Waals surface area contributed by atoms with Crippen LogP contribution in [0.5, 0.6) is 5.75 Å². The molecular weight excluding hydrogens is 252 g/mol. The second-order valence-electron chi connectivity index (χ2n) is 5.86. The molecule has 1 aromatic rings. The Kier molecular flexibility index (Phi) is 5.06. The predicted octanol–water partition coefficient (Wildman–Crippen LogP) is 3.45. The summed E-state index contributed by atoms with van der Waals surface area (Å²) in [5, 5.41) is 21.7. The molecule has 3 nitrogen and oxygen atoms in total. The number of methoxy groups -OCH3 is 1. The molecule has 0 aromatic heterocycles. The van der Waals surface area contributed by atoms with Crippen molar-refractivity contribution in [3.8, 4) is 5.75 Å². The van der Waals surface area contributed by atoms with Crippen LogP contribution in [0.4, 0.5) is 0 Å². The Hall–Kier alpha value is -1.06. The molecule has 2 atom stereocenters. The van der Waals surface area contributed by atoms with E-state index in [1.807, 2.05) is 31.2 Å². The third-order valence-electron chi connectivity index (χ3n) is 4.78. The Labute approximate surface area is 121 Å². The largest absolute Gasteiger partial charge is 0.497 e. The third kappa shape index (κ3) is 2.99. The SMILES string of the molecule is CC[C@](O)(C1CCCCC1)[C@H](O)c1ccc(OC)cc1. The van der Waals surface area contributed by atoms with Gasteiger partial charge in [0.25, 0.3) is 0 Å². The maximum absolute atomic E-state index is 11.0. The van der Waals surface area contributed by atoms with Gasteiger partial charge in [0.2, 0.25) is 0 Å². The molecular formula is C17H26O3. The fourth-order valence-electron chi connectivity index (χ4n) is 3.38. The van der Waals surface area contributed by atoms with Gasteiger partial charge in [-0.05, 0) is 42.9 Å². The van der Waals surface area contributed by atoms with Crippen molar-refractivity contribution in [1.29, 1.82) is 0 Å². The molecule has 3 heteroatoms. The molecule has 1 saturated carbocycles. The lowest BCUT2D eigenvalue weighted by atomic mass is 9.71. The predicted molar refractivity (Wildman–Crippen MR) is 79.8 cm³/mol. The maximum Gasteiger partial charge on any atom is 0.118 e. The van der Waals surface area contributed by atoms with Crippen LogP contribution in [0.3, 0.4) is 0 Å². The summed E-state index contributed by atoms with van der Waals surface area (Å²) in [7, 11) is 1.62. The van der Waals surface area contributed by atoms with Gasteiger partial charge < -0.3 is 14.9 Å². The molecule has 20 heavy (non-hydrogen) atoms. The lowest BCUT2D eigenvalue weighted by molar-refractivity contribution is -0.127. The van der Waals surface area contributed by atoms with Crippen LogP contribution in [0, 0.1) is 5.92 Å². The Balaban J connectivity index is 2.19. The van der Waals surface area contributed by atoms with Crippen LogP contribution in [-0.2, 0) is 0 Å². The summed E-state index contributed by atoms with van der Waals surface area (Å²) in [6, 6.07) is 7.34. The zero-order valence-corrected chi connectivity index (χ0v) is 12.5. The highest BCUT2D eigenvalue weighted by molar-refractivity contribution is 5.30. The van der Waals surface area contributed by atoms with Crippen molar-refractivity contribution in [3.05, 3.63) is 29.8 Å². The van der Waals surface area contributed by atoms with Crippen molar-refractivity contribution in [1.82, 2.24) is 0 Å². The van der Waals surface area contributed by atoms with Gasteiger partial charge >= 0.3 is 0 Å². The second kappa shape index (κ2) is 6.59. The van der Waals surface area contributed by atoms with Crippen molar-refractivity contribution in [2.75, 3.05) is 7.11 Å². The van der Waals surface area contributed by atoms with Gasteiger partial charge in [0, 0.05) is 0 Å². The number of ether oxygens (including phenoxy) is 1. The summed E-state index contributed by atoms with van der Waals surface area (Å²) >= 11 is 0. The van der Waals surface area contributed by atoms with E-state index in [4.69, 9.17) is 4.74 Å². The van der Waals surface area contributed by atoms with Gasteiger partial charge in [-0.15, -0.1) is 0 Å². The zero-order chi connectivity index (χ0) is 14.6. The average molecular weight is 278 g/mol. The first-order valence-electron chi connectivity index (χ1n) is 7.66. The molecule has 0 spiro atoms. The van der Waals surface area contributed by atoms with Crippen molar-refractivity contribution >= 4 is 0 Å². The molecule has 1 aliphatic carbocycles. The summed E-state index contributed by atoms with van der Waals surface area (Å²) in [4.78, 5) is 0. The lowest BCUT2D eigenvalue weighted by Gasteiger charge is -2.41. The quantitative estimate of drug-likeness (QED) is 0.867. The smallest absolute Gasteiger partial charge is 0.118 e. The van der Waals surface area contributed by atoms with Crippen LogP contribution >= 0.6 is 0 Å². The molecule has 0 bridgehead atoms. The standard InChI is InChI=1S/C17H26O3/c1-3-17(19,14-7-5-4-6-8-14)16(18)13-9-11-15(20-2)12-10-13/h9-12,14,16,18-19H,3-8H2,1-2H3/t16-,17+/m1/s1. The van der Waals surface area contributed by atoms with Crippen molar-refractivity contribution in [2.45, 2.75) is 57.2 Å². The number of hydrogen-bond donors (Lipinski definition) is 2. The van der Waals surface area contributed by atoms with Crippen LogP contribution in [0.15, 0.2) is 24.3 Å². The van der Waals surface area contributed by atoms with Crippen LogP contribution < -0.4 is 4.74 Å². The van der Waals surface area contributed by atoms with Gasteiger partial charge in [-0.3, -0.25) is 0 Å². The highest BCUT2D eigenvalue weighted by atomic mass is 16.5. The van der Waals surface area contributed by atoms with E-state index in [0.717, 1.165) is 37.0 Å². The zero-order valence-electron chi connectivity index (χ0n) is 12.5. The highest BCUT2D eigenvalue weighted by Crippen LogP contribution is 2.42. The summed E-state index contributed by atoms with van der Waals surface area (Å²) in [6.45, 7) is 1.96. The minimum absolute atomic E-state index is 0.193. The molecule has 112 valence electrons. The van der Waals surface area contributed by atoms with Crippen molar-refractivity contribution in [3.63, 3.8) is 0 Å². The van der Waals surface area contributed by atoms with Crippen LogP contribution in [-0.4, -0.2) is 22.9 Å². The maximum atomic E-state index is 11.0. The van der Waals surface area contributed by atoms with Crippen LogP contribution in [0.2, 0.25) is 0 Å². The fourth-order valence-corrected chi connectivity index (χ4v) is 3.38. The highest BCUT2D eigenvalue weighted by Gasteiger charge is 2.42. The minimum atomic E-state index is -1.02. The first-order valence-corrected chi connectivity index (χ1v) is 7.66. The van der Waals surface area contributed by atoms with E-state index in [0.29, 0.717) is 6.42 Å². The topological polar surface area (TPSA) is 49.7 Å². The summed E-state index contributed by atoms with van der Waals surface area (Å²) in [5.74, 6) is 0.956. The third-order valence-corrected chi connectivity index (χ3v) is 4.78. The van der Waals surface area contributed by atoms with E-state index in [1.165, 1.54) is 6.42 Å². The molecule has 2 N–H and O–H groups in total. The number of aliphatic hydroxyl groups excluding tert-OH is 1. The second-order valence-corrected chi connectivity index (χ2v) is 5.86. The molecule has 0 saturated heterocycles. The van der Waals surface area contributed by atoms with Crippen molar-refractivity contribution < 1.29 is 14.9 Å². The molecule has 0 unspecified atom stereocenters.